The number of fused-ring (bicyclic) bond motifs is 3. The molecule has 2 aromatic heterocycles. The highest BCUT2D eigenvalue weighted by molar-refractivity contribution is 5.93. The minimum Gasteiger partial charge on any atom is -0.350 e. The zero-order valence-electron chi connectivity index (χ0n) is 19.2. The van der Waals surface area contributed by atoms with Crippen molar-refractivity contribution in [3.63, 3.8) is 0 Å². The van der Waals surface area contributed by atoms with E-state index in [1.54, 1.807) is 0 Å². The first kappa shape index (κ1) is 21.4. The number of rotatable bonds is 5. The Labute approximate surface area is 189 Å². The van der Waals surface area contributed by atoms with Crippen molar-refractivity contribution >= 4 is 17.5 Å². The summed E-state index contributed by atoms with van der Waals surface area (Å²) in [5.41, 5.74) is 8.38. The van der Waals surface area contributed by atoms with Gasteiger partial charge in [-0.3, -0.25) is 14.0 Å². The number of nitrogens with one attached hydrogen (secondary N) is 1. The topological polar surface area (TPSA) is 92.7 Å². The Kier molecular flexibility index (Phi) is 5.48. The summed E-state index contributed by atoms with van der Waals surface area (Å²) < 4.78 is 1.81. The molecular formula is C25H35N5O2. The van der Waals surface area contributed by atoms with Crippen LogP contribution >= 0.6 is 0 Å². The van der Waals surface area contributed by atoms with Crippen molar-refractivity contribution in [1.29, 1.82) is 0 Å². The van der Waals surface area contributed by atoms with E-state index in [1.165, 1.54) is 19.3 Å². The Morgan fingerprint density at radius 1 is 1.25 bits per heavy atom. The van der Waals surface area contributed by atoms with Crippen molar-refractivity contribution < 1.29 is 9.59 Å². The van der Waals surface area contributed by atoms with Crippen LogP contribution in [0.25, 0.3) is 5.65 Å². The molecule has 2 aromatic rings. The number of carbonyl (C=O) groups excluding carboxylic acids is 2. The van der Waals surface area contributed by atoms with Crippen LogP contribution in [-0.4, -0.2) is 51.8 Å². The van der Waals surface area contributed by atoms with E-state index in [9.17, 15) is 9.59 Å². The second-order valence-corrected chi connectivity index (χ2v) is 10.7. The van der Waals surface area contributed by atoms with E-state index in [0.29, 0.717) is 40.8 Å². The van der Waals surface area contributed by atoms with Crippen LogP contribution in [0.15, 0.2) is 24.4 Å². The molecule has 3 heterocycles. The van der Waals surface area contributed by atoms with Crippen LogP contribution in [0, 0.1) is 23.2 Å². The van der Waals surface area contributed by atoms with Crippen LogP contribution in [0.3, 0.4) is 0 Å². The molecule has 2 bridgehead atoms. The van der Waals surface area contributed by atoms with Crippen LogP contribution < -0.4 is 11.1 Å². The lowest BCUT2D eigenvalue weighted by molar-refractivity contribution is -0.131. The minimum absolute atomic E-state index is 0.0493. The molecule has 0 aromatic carbocycles. The number of imidazole rings is 1. The van der Waals surface area contributed by atoms with Gasteiger partial charge in [0.05, 0.1) is 12.1 Å². The molecule has 3 N–H and O–H groups in total. The van der Waals surface area contributed by atoms with Gasteiger partial charge in [0, 0.05) is 31.9 Å². The molecule has 0 spiro atoms. The Morgan fingerprint density at radius 3 is 2.84 bits per heavy atom. The van der Waals surface area contributed by atoms with Gasteiger partial charge in [-0.15, -0.1) is 0 Å². The van der Waals surface area contributed by atoms with Crippen molar-refractivity contribution in [2.45, 2.75) is 58.4 Å². The van der Waals surface area contributed by atoms with Crippen LogP contribution in [-0.2, 0) is 11.2 Å². The maximum atomic E-state index is 13.0. The average Bonchev–Trinajstić information content (AvgIpc) is 3.19. The summed E-state index contributed by atoms with van der Waals surface area (Å²) in [6, 6.07) is 5.61. The predicted octanol–water partition coefficient (Wildman–Crippen LogP) is 2.63. The van der Waals surface area contributed by atoms with Gasteiger partial charge in [0.2, 0.25) is 5.91 Å². The Morgan fingerprint density at radius 2 is 2.09 bits per heavy atom. The van der Waals surface area contributed by atoms with Gasteiger partial charge in [-0.05, 0) is 67.4 Å². The first-order valence-corrected chi connectivity index (χ1v) is 12.1. The largest absolute Gasteiger partial charge is 0.350 e. The molecule has 1 aliphatic heterocycles. The third-order valence-electron chi connectivity index (χ3n) is 8.44. The molecule has 4 aliphatic rings. The summed E-state index contributed by atoms with van der Waals surface area (Å²) >= 11 is 0. The molecular weight excluding hydrogens is 402 g/mol. The van der Waals surface area contributed by atoms with E-state index in [4.69, 9.17) is 5.73 Å². The average molecular weight is 438 g/mol. The van der Waals surface area contributed by atoms with Crippen LogP contribution in [0.5, 0.6) is 0 Å². The number of amides is 2. The number of carbonyl (C=O) groups is 2. The van der Waals surface area contributed by atoms with Crippen molar-refractivity contribution in [2.24, 2.45) is 28.9 Å². The number of nitrogens with zero attached hydrogens (tertiary/aromatic N) is 3. The maximum Gasteiger partial charge on any atom is 0.268 e. The van der Waals surface area contributed by atoms with Gasteiger partial charge in [0.25, 0.3) is 5.91 Å². The maximum absolute atomic E-state index is 13.0. The summed E-state index contributed by atoms with van der Waals surface area (Å²) in [4.78, 5) is 32.2. The van der Waals surface area contributed by atoms with E-state index in [0.717, 1.165) is 31.8 Å². The fourth-order valence-electron chi connectivity index (χ4n) is 6.36. The molecule has 4 fully saturated rings. The van der Waals surface area contributed by atoms with E-state index < -0.39 is 0 Å². The molecule has 4 atom stereocenters. The van der Waals surface area contributed by atoms with Gasteiger partial charge in [0.1, 0.15) is 11.3 Å². The van der Waals surface area contributed by atoms with E-state index >= 15 is 0 Å². The SMILES string of the molecule is CC1(C)[C@@H]2CC[C@@H](CNC(=O)c3cccc4nc(CC(=O)N5CCCC(N)C5)cn34)[C@H]1C2. The van der Waals surface area contributed by atoms with Gasteiger partial charge in [-0.1, -0.05) is 19.9 Å². The Hall–Kier alpha value is -2.41. The van der Waals surface area contributed by atoms with E-state index in [2.05, 4.69) is 24.1 Å². The van der Waals surface area contributed by atoms with Crippen molar-refractivity contribution in [1.82, 2.24) is 19.6 Å². The number of hydrogen-bond donors (Lipinski definition) is 2. The van der Waals surface area contributed by atoms with Crippen LogP contribution in [0.2, 0.25) is 0 Å². The Bertz CT molecular complexity index is 1030. The summed E-state index contributed by atoms with van der Waals surface area (Å²) in [5, 5.41) is 3.18. The minimum atomic E-state index is -0.0767. The second kappa shape index (κ2) is 8.18. The quantitative estimate of drug-likeness (QED) is 0.752. The van der Waals surface area contributed by atoms with Gasteiger partial charge < -0.3 is 16.0 Å². The summed E-state index contributed by atoms with van der Waals surface area (Å²) in [6.07, 6.45) is 7.77. The lowest BCUT2D eigenvalue weighted by Gasteiger charge is -2.60. The molecule has 32 heavy (non-hydrogen) atoms. The smallest absolute Gasteiger partial charge is 0.268 e. The fraction of sp³-hybridized carbons (Fsp3) is 0.640. The highest BCUT2D eigenvalue weighted by atomic mass is 16.2. The molecule has 0 radical (unpaired) electrons. The molecule has 3 aliphatic carbocycles. The number of likely N-dealkylation sites (tertiary alicyclic amines) is 1. The lowest BCUT2D eigenvalue weighted by Crippen LogP contribution is -2.54. The van der Waals surface area contributed by atoms with Gasteiger partial charge in [-0.2, -0.15) is 0 Å². The molecule has 1 saturated heterocycles. The summed E-state index contributed by atoms with van der Waals surface area (Å²) in [7, 11) is 0. The monoisotopic (exact) mass is 437 g/mol. The van der Waals surface area contributed by atoms with Gasteiger partial charge in [0.15, 0.2) is 0 Å². The molecule has 7 nitrogen and oxygen atoms in total. The molecule has 3 saturated carbocycles. The fourth-order valence-corrected chi connectivity index (χ4v) is 6.36. The highest BCUT2D eigenvalue weighted by Crippen LogP contribution is 2.61. The van der Waals surface area contributed by atoms with Crippen LogP contribution in [0.1, 0.15) is 62.1 Å². The first-order chi connectivity index (χ1) is 15.3. The van der Waals surface area contributed by atoms with Gasteiger partial charge >= 0.3 is 0 Å². The van der Waals surface area contributed by atoms with E-state index in [-0.39, 0.29) is 24.3 Å². The molecule has 2 amide bonds. The van der Waals surface area contributed by atoms with E-state index in [1.807, 2.05) is 33.7 Å². The highest BCUT2D eigenvalue weighted by Gasteiger charge is 2.53. The zero-order valence-corrected chi connectivity index (χ0v) is 19.2. The molecule has 6 rings (SSSR count). The number of aromatic nitrogens is 2. The third-order valence-corrected chi connectivity index (χ3v) is 8.44. The summed E-state index contributed by atoms with van der Waals surface area (Å²) in [5.74, 6) is 2.11. The second-order valence-electron chi connectivity index (χ2n) is 10.7. The summed E-state index contributed by atoms with van der Waals surface area (Å²) in [6.45, 7) is 6.86. The zero-order chi connectivity index (χ0) is 22.5. The predicted molar refractivity (Wildman–Crippen MR) is 123 cm³/mol. The number of nitrogens with two attached hydrogens (primary N) is 1. The van der Waals surface area contributed by atoms with Crippen molar-refractivity contribution in [3.8, 4) is 0 Å². The van der Waals surface area contributed by atoms with Gasteiger partial charge in [-0.25, -0.2) is 4.98 Å². The van der Waals surface area contributed by atoms with Crippen LogP contribution in [0.4, 0.5) is 0 Å². The molecule has 1 unspecified atom stereocenters. The number of pyridine rings is 1. The lowest BCUT2D eigenvalue weighted by atomic mass is 9.45. The van der Waals surface area contributed by atoms with Crippen molar-refractivity contribution in [3.05, 3.63) is 35.8 Å². The standard InChI is InChI=1S/C25H35N5O2/c1-25(2)17-9-8-16(20(25)11-17)13-27-24(32)21-6-3-7-22-28-19(15-30(21)22)12-23(31)29-10-4-5-18(26)14-29/h3,6-7,15-18,20H,4-5,8-14,26H2,1-2H3,(H,27,32)/t16-,17+,18?,20+/m0/s1. The Balaban J connectivity index is 1.26. The molecule has 172 valence electrons. The number of piperidine rings is 1. The molecule has 7 heteroatoms. The van der Waals surface area contributed by atoms with Crippen molar-refractivity contribution in [2.75, 3.05) is 19.6 Å². The first-order valence-electron chi connectivity index (χ1n) is 12.1. The normalized spacial score (nSPS) is 28.9. The number of hydrogen-bond acceptors (Lipinski definition) is 4. The third kappa shape index (κ3) is 3.81.